The molecule has 9 heteroatoms. The predicted molar refractivity (Wildman–Crippen MR) is 173 cm³/mol. The van der Waals surface area contributed by atoms with Crippen molar-refractivity contribution in [3.05, 3.63) is 106 Å². The Balaban J connectivity index is 1.53. The number of hydrogen-bond acceptors (Lipinski definition) is 6. The third-order valence-electron chi connectivity index (χ3n) is 7.20. The molecular weight excluding hydrogens is 540 g/mol. The summed E-state index contributed by atoms with van der Waals surface area (Å²) in [5.74, 6) is -0.212. The summed E-state index contributed by atoms with van der Waals surface area (Å²) in [7, 11) is 5.57. The Morgan fingerprint density at radius 2 is 1.53 bits per heavy atom. The molecule has 0 fully saturated rings. The predicted octanol–water partition coefficient (Wildman–Crippen LogP) is 5.34. The van der Waals surface area contributed by atoms with Crippen LogP contribution in [0, 0.1) is 6.92 Å². The molecule has 43 heavy (non-hydrogen) atoms. The molecule has 0 atom stereocenters. The Morgan fingerprint density at radius 1 is 0.907 bits per heavy atom. The minimum atomic E-state index is -0.296. The van der Waals surface area contributed by atoms with E-state index in [2.05, 4.69) is 41.7 Å². The number of aromatic nitrogens is 2. The highest BCUT2D eigenvalue weighted by molar-refractivity contribution is 6.05. The van der Waals surface area contributed by atoms with Gasteiger partial charge in [-0.05, 0) is 80.0 Å². The Kier molecular flexibility index (Phi) is 9.46. The van der Waals surface area contributed by atoms with Crippen LogP contribution in [0.5, 0.6) is 0 Å². The van der Waals surface area contributed by atoms with Gasteiger partial charge in [-0.15, -0.1) is 0 Å². The zero-order chi connectivity index (χ0) is 31.3. The van der Waals surface area contributed by atoms with Gasteiger partial charge in [0.25, 0.3) is 17.4 Å². The molecule has 3 N–H and O–H groups in total. The van der Waals surface area contributed by atoms with Gasteiger partial charge >= 0.3 is 0 Å². The maximum Gasteiger partial charge on any atom is 0.293 e. The maximum absolute atomic E-state index is 13.1. The first-order valence-electron chi connectivity index (χ1n) is 14.2. The fourth-order valence-corrected chi connectivity index (χ4v) is 4.52. The normalized spacial score (nSPS) is 11.3. The van der Waals surface area contributed by atoms with E-state index >= 15 is 0 Å². The molecule has 0 saturated carbocycles. The van der Waals surface area contributed by atoms with E-state index in [0.717, 1.165) is 23.2 Å². The number of nitrogens with zero attached hydrogens (tertiary/aromatic N) is 3. The lowest BCUT2D eigenvalue weighted by Gasteiger charge is -2.19. The standard InChI is InChI=1S/C34H40N6O3/c1-22-27(9-8-10-28(22)38-32(42)24-11-15-25(16-12-24)34(2,3)4)29-21-40(7)33(43)30(37-29)36-26-17-13-23(14-18-26)31(41)35-19-20-39(5)6/h8-18,21H,19-20H2,1-7H3,(H,35,41)(H,36,37)(H,38,42). The molecule has 1 heterocycles. The van der Waals surface area contributed by atoms with Gasteiger partial charge in [-0.1, -0.05) is 45.0 Å². The third-order valence-corrected chi connectivity index (χ3v) is 7.20. The number of carbonyl (C=O) groups is 2. The first-order chi connectivity index (χ1) is 20.3. The van der Waals surface area contributed by atoms with E-state index in [1.165, 1.54) is 4.57 Å². The molecule has 0 aliphatic heterocycles. The van der Waals surface area contributed by atoms with E-state index in [9.17, 15) is 14.4 Å². The van der Waals surface area contributed by atoms with Crippen molar-refractivity contribution in [1.29, 1.82) is 0 Å². The second kappa shape index (κ2) is 13.0. The molecule has 0 unspecified atom stereocenters. The number of hydrogen-bond donors (Lipinski definition) is 3. The smallest absolute Gasteiger partial charge is 0.293 e. The molecule has 0 spiro atoms. The topological polar surface area (TPSA) is 108 Å². The number of nitrogens with one attached hydrogen (secondary N) is 3. The number of amides is 2. The molecule has 0 bridgehead atoms. The van der Waals surface area contributed by atoms with Crippen molar-refractivity contribution in [3.8, 4) is 11.3 Å². The molecule has 0 saturated heterocycles. The monoisotopic (exact) mass is 580 g/mol. The molecule has 2 amide bonds. The minimum Gasteiger partial charge on any atom is -0.351 e. The molecule has 3 aromatic carbocycles. The minimum absolute atomic E-state index is 0.00200. The summed E-state index contributed by atoms with van der Waals surface area (Å²) >= 11 is 0. The van der Waals surface area contributed by atoms with Gasteiger partial charge in [0.2, 0.25) is 0 Å². The Morgan fingerprint density at radius 3 is 2.16 bits per heavy atom. The summed E-state index contributed by atoms with van der Waals surface area (Å²) in [5.41, 5.74) is 5.42. The van der Waals surface area contributed by atoms with Crippen molar-refractivity contribution >= 4 is 29.0 Å². The van der Waals surface area contributed by atoms with Gasteiger partial charge in [0.15, 0.2) is 5.82 Å². The summed E-state index contributed by atoms with van der Waals surface area (Å²) in [5, 5.41) is 9.01. The van der Waals surface area contributed by atoms with E-state index in [1.807, 2.05) is 68.4 Å². The van der Waals surface area contributed by atoms with Gasteiger partial charge in [0.1, 0.15) is 0 Å². The highest BCUT2D eigenvalue weighted by Crippen LogP contribution is 2.29. The number of benzene rings is 3. The average Bonchev–Trinajstić information content (AvgIpc) is 2.96. The molecule has 4 rings (SSSR count). The summed E-state index contributed by atoms with van der Waals surface area (Å²) in [4.78, 5) is 45.1. The van der Waals surface area contributed by atoms with E-state index in [-0.39, 0.29) is 28.6 Å². The van der Waals surface area contributed by atoms with E-state index < -0.39 is 0 Å². The van der Waals surface area contributed by atoms with Crippen LogP contribution in [0.15, 0.2) is 77.7 Å². The van der Waals surface area contributed by atoms with Gasteiger partial charge < -0.3 is 25.4 Å². The number of anilines is 3. The summed E-state index contributed by atoms with van der Waals surface area (Å²) in [6, 6.07) is 20.1. The molecular formula is C34H40N6O3. The molecule has 0 radical (unpaired) electrons. The molecule has 0 aliphatic rings. The number of carbonyl (C=O) groups excluding carboxylic acids is 2. The van der Waals surface area contributed by atoms with Gasteiger partial charge in [-0.3, -0.25) is 14.4 Å². The van der Waals surface area contributed by atoms with Crippen LogP contribution in [-0.2, 0) is 12.5 Å². The van der Waals surface area contributed by atoms with Crippen LogP contribution in [-0.4, -0.2) is 53.5 Å². The highest BCUT2D eigenvalue weighted by atomic mass is 16.2. The molecule has 224 valence electrons. The van der Waals surface area contributed by atoms with Gasteiger partial charge in [-0.2, -0.15) is 0 Å². The first-order valence-corrected chi connectivity index (χ1v) is 14.2. The molecule has 4 aromatic rings. The van der Waals surface area contributed by atoms with Crippen LogP contribution in [0.1, 0.15) is 52.6 Å². The first kappa shape index (κ1) is 31.2. The van der Waals surface area contributed by atoms with Crippen LogP contribution >= 0.6 is 0 Å². The largest absolute Gasteiger partial charge is 0.351 e. The van der Waals surface area contributed by atoms with Crippen molar-refractivity contribution in [3.63, 3.8) is 0 Å². The fraction of sp³-hybridized carbons (Fsp3) is 0.294. The van der Waals surface area contributed by atoms with Crippen LogP contribution in [0.4, 0.5) is 17.2 Å². The Bertz CT molecular complexity index is 1670. The van der Waals surface area contributed by atoms with Crippen LogP contribution in [0.3, 0.4) is 0 Å². The summed E-state index contributed by atoms with van der Waals surface area (Å²) < 4.78 is 1.47. The Labute approximate surface area is 253 Å². The van der Waals surface area contributed by atoms with Crippen molar-refractivity contribution in [2.75, 3.05) is 37.8 Å². The van der Waals surface area contributed by atoms with E-state index in [4.69, 9.17) is 0 Å². The molecule has 9 nitrogen and oxygen atoms in total. The lowest BCUT2D eigenvalue weighted by Crippen LogP contribution is -2.31. The van der Waals surface area contributed by atoms with Crippen molar-refractivity contribution in [1.82, 2.24) is 19.8 Å². The van der Waals surface area contributed by atoms with Gasteiger partial charge in [-0.25, -0.2) is 4.98 Å². The SMILES string of the molecule is Cc1c(NC(=O)c2ccc(C(C)(C)C)cc2)cccc1-c1cn(C)c(=O)c(Nc2ccc(C(=O)NCCN(C)C)cc2)n1. The van der Waals surface area contributed by atoms with Gasteiger partial charge in [0, 0.05) is 54.4 Å². The number of likely N-dealkylation sites (N-methyl/N-ethyl adjacent to an activating group) is 1. The summed E-state index contributed by atoms with van der Waals surface area (Å²) in [6.07, 6.45) is 1.67. The van der Waals surface area contributed by atoms with Crippen molar-refractivity contribution < 1.29 is 9.59 Å². The van der Waals surface area contributed by atoms with Crippen molar-refractivity contribution in [2.24, 2.45) is 7.05 Å². The lowest BCUT2D eigenvalue weighted by molar-refractivity contribution is 0.0950. The number of rotatable bonds is 9. The van der Waals surface area contributed by atoms with Crippen LogP contribution < -0.4 is 21.5 Å². The quantitative estimate of drug-likeness (QED) is 0.247. The zero-order valence-corrected chi connectivity index (χ0v) is 25.9. The average molecular weight is 581 g/mol. The summed E-state index contributed by atoms with van der Waals surface area (Å²) in [6.45, 7) is 9.61. The van der Waals surface area contributed by atoms with E-state index in [0.29, 0.717) is 34.7 Å². The van der Waals surface area contributed by atoms with Crippen LogP contribution in [0.2, 0.25) is 0 Å². The fourth-order valence-electron chi connectivity index (χ4n) is 4.52. The third kappa shape index (κ3) is 7.75. The van der Waals surface area contributed by atoms with Crippen LogP contribution in [0.25, 0.3) is 11.3 Å². The maximum atomic E-state index is 13.1. The molecule has 1 aromatic heterocycles. The molecule has 0 aliphatic carbocycles. The zero-order valence-electron chi connectivity index (χ0n) is 25.9. The lowest BCUT2D eigenvalue weighted by atomic mass is 9.86. The Hall–Kier alpha value is -4.76. The highest BCUT2D eigenvalue weighted by Gasteiger charge is 2.17. The number of aryl methyl sites for hydroxylation is 1. The van der Waals surface area contributed by atoms with Crippen molar-refractivity contribution in [2.45, 2.75) is 33.1 Å². The second-order valence-electron chi connectivity index (χ2n) is 11.9. The van der Waals surface area contributed by atoms with Gasteiger partial charge in [0.05, 0.1) is 5.69 Å². The van der Waals surface area contributed by atoms with E-state index in [1.54, 1.807) is 37.5 Å². The second-order valence-corrected chi connectivity index (χ2v) is 11.9.